The van der Waals surface area contributed by atoms with Gasteiger partial charge >= 0.3 is 0 Å². The molecule has 0 radical (unpaired) electrons. The van der Waals surface area contributed by atoms with Gasteiger partial charge in [0.1, 0.15) is 10.7 Å². The number of pyridine rings is 1. The zero-order valence-corrected chi connectivity index (χ0v) is 14.5. The zero-order chi connectivity index (χ0) is 17.8. The molecule has 0 saturated heterocycles. The normalized spacial score (nSPS) is 11.6. The highest BCUT2D eigenvalue weighted by Crippen LogP contribution is 2.34. The lowest BCUT2D eigenvalue weighted by molar-refractivity contribution is -0.384. The first-order valence-corrected chi connectivity index (χ1v) is 8.84. The summed E-state index contributed by atoms with van der Waals surface area (Å²) in [5, 5.41) is 13.1. The summed E-state index contributed by atoms with van der Waals surface area (Å²) in [7, 11) is 0. The first kappa shape index (κ1) is 15.0. The van der Waals surface area contributed by atoms with Gasteiger partial charge in [0.2, 0.25) is 0 Å². The maximum atomic E-state index is 10.9. The smallest absolute Gasteiger partial charge is 0.271 e. The summed E-state index contributed by atoms with van der Waals surface area (Å²) in [4.78, 5) is 25.0. The van der Waals surface area contributed by atoms with Crippen LogP contribution in [0.4, 0.5) is 5.69 Å². The number of H-pyrrole nitrogens is 1. The van der Waals surface area contributed by atoms with Gasteiger partial charge in [0.25, 0.3) is 5.69 Å². The van der Waals surface area contributed by atoms with Crippen molar-refractivity contribution in [1.29, 1.82) is 0 Å². The summed E-state index contributed by atoms with van der Waals surface area (Å²) in [6, 6.07) is 15.0. The number of imidazole rings is 1. The Bertz CT molecular complexity index is 1340. The average molecular weight is 360 g/mol. The van der Waals surface area contributed by atoms with Crippen LogP contribution in [0.5, 0.6) is 0 Å². The molecule has 0 aliphatic rings. The molecular formula is C19H12N4O2S. The number of nitro benzene ring substituents is 1. The molecule has 2 aromatic carbocycles. The van der Waals surface area contributed by atoms with E-state index >= 15 is 0 Å². The van der Waals surface area contributed by atoms with Gasteiger partial charge in [0.05, 0.1) is 26.4 Å². The molecule has 0 atom stereocenters. The number of fused-ring (bicyclic) bond motifs is 3. The first-order valence-electron chi connectivity index (χ1n) is 8.03. The van der Waals surface area contributed by atoms with Gasteiger partial charge < -0.3 is 4.98 Å². The molecule has 5 aromatic rings. The number of para-hydroxylation sites is 1. The number of aromatic amines is 1. The lowest BCUT2D eigenvalue weighted by Gasteiger charge is -2.00. The Hall–Kier alpha value is -3.32. The Balaban J connectivity index is 1.68. The average Bonchev–Trinajstić information content (AvgIpc) is 3.23. The lowest BCUT2D eigenvalue weighted by atomic mass is 10.1. The van der Waals surface area contributed by atoms with Gasteiger partial charge in [-0.15, -0.1) is 11.3 Å². The molecule has 5 rings (SSSR count). The van der Waals surface area contributed by atoms with E-state index in [1.165, 1.54) is 12.1 Å². The van der Waals surface area contributed by atoms with Gasteiger partial charge in [0, 0.05) is 22.9 Å². The molecule has 3 heterocycles. The van der Waals surface area contributed by atoms with Crippen molar-refractivity contribution >= 4 is 49.2 Å². The number of non-ortho nitro benzene ring substituents is 1. The van der Waals surface area contributed by atoms with Crippen molar-refractivity contribution in [3.05, 3.63) is 64.2 Å². The second kappa shape index (κ2) is 5.34. The number of nitro groups is 1. The molecule has 126 valence electrons. The third-order valence-corrected chi connectivity index (χ3v) is 5.49. The van der Waals surface area contributed by atoms with E-state index in [4.69, 9.17) is 4.98 Å². The molecule has 0 aliphatic carbocycles. The van der Waals surface area contributed by atoms with E-state index in [1.807, 2.05) is 6.07 Å². The van der Waals surface area contributed by atoms with Gasteiger partial charge in [-0.05, 0) is 30.7 Å². The molecule has 0 saturated carbocycles. The second-order valence-electron chi connectivity index (χ2n) is 6.18. The standard InChI is InChI=1S/C19H12N4O2S/c1-10-3-2-4-11-7-12-8-16(26-19(12)22-17(10)11)18-20-14-6-5-13(23(24)25)9-15(14)21-18/h2-9H,1H3,(H,20,21). The molecule has 1 N–H and O–H groups in total. The van der Waals surface area contributed by atoms with E-state index in [0.29, 0.717) is 16.9 Å². The molecule has 0 fully saturated rings. The Morgan fingerprint density at radius 2 is 1.96 bits per heavy atom. The summed E-state index contributed by atoms with van der Waals surface area (Å²) in [5.74, 6) is 0.698. The van der Waals surface area contributed by atoms with Gasteiger partial charge in [-0.2, -0.15) is 0 Å². The monoisotopic (exact) mass is 360 g/mol. The van der Waals surface area contributed by atoms with E-state index in [1.54, 1.807) is 17.4 Å². The molecular weight excluding hydrogens is 348 g/mol. The lowest BCUT2D eigenvalue weighted by Crippen LogP contribution is -1.86. The van der Waals surface area contributed by atoms with Crippen molar-refractivity contribution in [2.45, 2.75) is 6.92 Å². The fourth-order valence-corrected chi connectivity index (χ4v) is 4.11. The number of thiophene rings is 1. The Labute approximate surface area is 151 Å². The molecule has 3 aromatic heterocycles. The van der Waals surface area contributed by atoms with Crippen LogP contribution in [0.1, 0.15) is 5.56 Å². The van der Waals surface area contributed by atoms with E-state index in [9.17, 15) is 10.1 Å². The minimum atomic E-state index is -0.406. The summed E-state index contributed by atoms with van der Waals surface area (Å²) >= 11 is 1.56. The molecule has 0 aliphatic heterocycles. The molecule has 0 unspecified atom stereocenters. The minimum absolute atomic E-state index is 0.0485. The topological polar surface area (TPSA) is 84.7 Å². The maximum absolute atomic E-state index is 10.9. The fraction of sp³-hybridized carbons (Fsp3) is 0.0526. The fourth-order valence-electron chi connectivity index (χ4n) is 3.15. The molecule has 0 spiro atoms. The van der Waals surface area contributed by atoms with Crippen molar-refractivity contribution in [2.75, 3.05) is 0 Å². The number of benzene rings is 2. The number of aromatic nitrogens is 3. The Morgan fingerprint density at radius 3 is 2.81 bits per heavy atom. The predicted molar refractivity (Wildman–Crippen MR) is 104 cm³/mol. The van der Waals surface area contributed by atoms with E-state index < -0.39 is 4.92 Å². The molecule has 7 heteroatoms. The summed E-state index contributed by atoms with van der Waals surface area (Å²) < 4.78 is 0. The summed E-state index contributed by atoms with van der Waals surface area (Å²) in [5.41, 5.74) is 3.56. The third-order valence-electron chi connectivity index (χ3n) is 4.44. The molecule has 6 nitrogen and oxygen atoms in total. The number of hydrogen-bond donors (Lipinski definition) is 1. The SMILES string of the molecule is Cc1cccc2cc3cc(-c4nc5ccc([N+](=O)[O-])cc5[nH]4)sc3nc12. The summed E-state index contributed by atoms with van der Waals surface area (Å²) in [6.07, 6.45) is 0. The minimum Gasteiger partial charge on any atom is -0.337 e. The van der Waals surface area contributed by atoms with Gasteiger partial charge in [0.15, 0.2) is 0 Å². The van der Waals surface area contributed by atoms with Crippen molar-refractivity contribution < 1.29 is 4.92 Å². The number of rotatable bonds is 2. The zero-order valence-electron chi connectivity index (χ0n) is 13.7. The highest BCUT2D eigenvalue weighted by Gasteiger charge is 2.13. The van der Waals surface area contributed by atoms with Crippen LogP contribution in [0.3, 0.4) is 0 Å². The number of aryl methyl sites for hydroxylation is 1. The number of hydrogen-bond acceptors (Lipinski definition) is 5. The van der Waals surface area contributed by atoms with Crippen LogP contribution in [0.25, 0.3) is 42.9 Å². The Kier molecular flexibility index (Phi) is 3.07. The van der Waals surface area contributed by atoms with Crippen molar-refractivity contribution in [3.63, 3.8) is 0 Å². The number of nitrogens with zero attached hydrogens (tertiary/aromatic N) is 3. The second-order valence-corrected chi connectivity index (χ2v) is 7.21. The molecule has 26 heavy (non-hydrogen) atoms. The van der Waals surface area contributed by atoms with Crippen LogP contribution in [0.15, 0.2) is 48.5 Å². The van der Waals surface area contributed by atoms with Gasteiger partial charge in [-0.25, -0.2) is 9.97 Å². The predicted octanol–water partition coefficient (Wildman–Crippen LogP) is 5.21. The van der Waals surface area contributed by atoms with Crippen LogP contribution >= 0.6 is 11.3 Å². The van der Waals surface area contributed by atoms with Gasteiger partial charge in [-0.1, -0.05) is 18.2 Å². The van der Waals surface area contributed by atoms with E-state index in [2.05, 4.69) is 41.2 Å². The van der Waals surface area contributed by atoms with Gasteiger partial charge in [-0.3, -0.25) is 10.1 Å². The van der Waals surface area contributed by atoms with Crippen LogP contribution in [-0.4, -0.2) is 19.9 Å². The highest BCUT2D eigenvalue weighted by atomic mass is 32.1. The van der Waals surface area contributed by atoms with Crippen molar-refractivity contribution in [2.24, 2.45) is 0 Å². The Morgan fingerprint density at radius 1 is 1.08 bits per heavy atom. The van der Waals surface area contributed by atoms with E-state index in [0.717, 1.165) is 31.6 Å². The van der Waals surface area contributed by atoms with Crippen LogP contribution < -0.4 is 0 Å². The van der Waals surface area contributed by atoms with Crippen LogP contribution in [0.2, 0.25) is 0 Å². The largest absolute Gasteiger partial charge is 0.337 e. The molecule has 0 amide bonds. The van der Waals surface area contributed by atoms with Crippen LogP contribution in [0, 0.1) is 17.0 Å². The van der Waals surface area contributed by atoms with Crippen molar-refractivity contribution in [1.82, 2.24) is 15.0 Å². The quantitative estimate of drug-likeness (QED) is 0.346. The van der Waals surface area contributed by atoms with E-state index in [-0.39, 0.29) is 5.69 Å². The van der Waals surface area contributed by atoms with Crippen LogP contribution in [-0.2, 0) is 0 Å². The highest BCUT2D eigenvalue weighted by molar-refractivity contribution is 7.21. The number of nitrogens with one attached hydrogen (secondary N) is 1. The van der Waals surface area contributed by atoms with Crippen molar-refractivity contribution in [3.8, 4) is 10.7 Å². The maximum Gasteiger partial charge on any atom is 0.271 e. The first-order chi connectivity index (χ1) is 12.6. The summed E-state index contributed by atoms with van der Waals surface area (Å²) in [6.45, 7) is 2.06. The third kappa shape index (κ3) is 2.25. The molecule has 0 bridgehead atoms.